The maximum atomic E-state index is 12.6. The molecule has 5 heteroatoms. The summed E-state index contributed by atoms with van der Waals surface area (Å²) < 4.78 is 11.6. The molecule has 1 aliphatic rings. The van der Waals surface area contributed by atoms with Crippen molar-refractivity contribution in [2.75, 3.05) is 18.4 Å². The van der Waals surface area contributed by atoms with Gasteiger partial charge in [-0.25, -0.2) is 0 Å². The second kappa shape index (κ2) is 9.02. The fourth-order valence-electron chi connectivity index (χ4n) is 3.48. The number of ether oxygens (including phenoxy) is 2. The average molecular weight is 369 g/mol. The van der Waals surface area contributed by atoms with Crippen LogP contribution in [0.1, 0.15) is 26.3 Å². The summed E-state index contributed by atoms with van der Waals surface area (Å²) >= 11 is 0. The van der Waals surface area contributed by atoms with E-state index in [2.05, 4.69) is 19.2 Å². The topological polar surface area (TPSA) is 52.0 Å². The Balaban J connectivity index is 1.52. The summed E-state index contributed by atoms with van der Waals surface area (Å²) in [6, 6.07) is 17.5. The number of carbonyl (C=O) groups excluding carboxylic acids is 1. The van der Waals surface area contributed by atoms with E-state index in [1.807, 2.05) is 61.5 Å². The van der Waals surface area contributed by atoms with Crippen molar-refractivity contribution in [1.29, 1.82) is 0 Å². The molecule has 0 bridgehead atoms. The van der Waals surface area contributed by atoms with Gasteiger partial charge in [-0.05, 0) is 50.6 Å². The highest BCUT2D eigenvalue weighted by molar-refractivity contribution is 5.93. The van der Waals surface area contributed by atoms with Gasteiger partial charge in [0.15, 0.2) is 6.04 Å². The van der Waals surface area contributed by atoms with E-state index >= 15 is 0 Å². The van der Waals surface area contributed by atoms with Crippen LogP contribution in [0.25, 0.3) is 0 Å². The van der Waals surface area contributed by atoms with Crippen LogP contribution in [0.3, 0.4) is 0 Å². The number of quaternary nitrogens is 1. The molecule has 2 aromatic carbocycles. The van der Waals surface area contributed by atoms with Crippen LogP contribution in [0.2, 0.25) is 0 Å². The SMILES string of the molecule is C[C@@H]1C[NH+]([C@@H](C)C(=O)Nc2ccc(OCc3ccccc3)cc2)C[C@H](C)O1. The van der Waals surface area contributed by atoms with Crippen molar-refractivity contribution < 1.29 is 19.2 Å². The Morgan fingerprint density at radius 2 is 1.74 bits per heavy atom. The van der Waals surface area contributed by atoms with Crippen LogP contribution >= 0.6 is 0 Å². The summed E-state index contributed by atoms with van der Waals surface area (Å²) in [5.41, 5.74) is 1.91. The molecule has 4 atom stereocenters. The number of carbonyl (C=O) groups is 1. The lowest BCUT2D eigenvalue weighted by atomic mass is 10.1. The largest absolute Gasteiger partial charge is 0.489 e. The van der Waals surface area contributed by atoms with E-state index in [9.17, 15) is 4.79 Å². The van der Waals surface area contributed by atoms with Crippen LogP contribution in [0.4, 0.5) is 5.69 Å². The van der Waals surface area contributed by atoms with E-state index in [1.165, 1.54) is 4.90 Å². The van der Waals surface area contributed by atoms with E-state index in [1.54, 1.807) is 0 Å². The third-order valence-electron chi connectivity index (χ3n) is 4.94. The highest BCUT2D eigenvalue weighted by Gasteiger charge is 2.32. The van der Waals surface area contributed by atoms with Gasteiger partial charge in [0.1, 0.15) is 37.7 Å². The predicted octanol–water partition coefficient (Wildman–Crippen LogP) is 2.28. The van der Waals surface area contributed by atoms with Gasteiger partial charge in [-0.2, -0.15) is 0 Å². The van der Waals surface area contributed by atoms with Gasteiger partial charge in [0.2, 0.25) is 0 Å². The predicted molar refractivity (Wildman–Crippen MR) is 106 cm³/mol. The van der Waals surface area contributed by atoms with Crippen LogP contribution in [0, 0.1) is 0 Å². The van der Waals surface area contributed by atoms with E-state index in [-0.39, 0.29) is 24.2 Å². The Hall–Kier alpha value is -2.37. The van der Waals surface area contributed by atoms with Gasteiger partial charge in [-0.3, -0.25) is 4.79 Å². The minimum atomic E-state index is -0.118. The number of hydrogen-bond acceptors (Lipinski definition) is 3. The van der Waals surface area contributed by atoms with Crippen LogP contribution in [-0.4, -0.2) is 37.2 Å². The maximum absolute atomic E-state index is 12.6. The Labute approximate surface area is 161 Å². The van der Waals surface area contributed by atoms with Gasteiger partial charge in [0.05, 0.1) is 0 Å². The zero-order valence-corrected chi connectivity index (χ0v) is 16.3. The molecule has 27 heavy (non-hydrogen) atoms. The Morgan fingerprint density at radius 3 is 2.37 bits per heavy atom. The van der Waals surface area contributed by atoms with Gasteiger partial charge in [-0.15, -0.1) is 0 Å². The number of anilines is 1. The molecule has 0 saturated carbocycles. The summed E-state index contributed by atoms with van der Waals surface area (Å²) in [6.45, 7) is 8.34. The van der Waals surface area contributed by atoms with Gasteiger partial charge >= 0.3 is 0 Å². The van der Waals surface area contributed by atoms with Crippen LogP contribution in [0.5, 0.6) is 5.75 Å². The molecule has 2 N–H and O–H groups in total. The van der Waals surface area contributed by atoms with E-state index < -0.39 is 0 Å². The van der Waals surface area contributed by atoms with Crippen molar-refractivity contribution in [2.45, 2.75) is 45.6 Å². The monoisotopic (exact) mass is 369 g/mol. The lowest BCUT2D eigenvalue weighted by molar-refractivity contribution is -0.928. The molecular formula is C22H29N2O3+. The molecule has 0 aromatic heterocycles. The highest BCUT2D eigenvalue weighted by atomic mass is 16.5. The molecular weight excluding hydrogens is 340 g/mol. The quantitative estimate of drug-likeness (QED) is 0.821. The van der Waals surface area contributed by atoms with Crippen LogP contribution < -0.4 is 15.0 Å². The van der Waals surface area contributed by atoms with Gasteiger partial charge < -0.3 is 19.7 Å². The smallest absolute Gasteiger partial charge is 0.282 e. The van der Waals surface area contributed by atoms with Gasteiger partial charge in [0, 0.05) is 5.69 Å². The normalized spacial score (nSPS) is 23.4. The molecule has 5 nitrogen and oxygen atoms in total. The highest BCUT2D eigenvalue weighted by Crippen LogP contribution is 2.17. The lowest BCUT2D eigenvalue weighted by Crippen LogP contribution is -3.19. The van der Waals surface area contributed by atoms with Crippen molar-refractivity contribution in [3.8, 4) is 5.75 Å². The summed E-state index contributed by atoms with van der Waals surface area (Å²) in [6.07, 6.45) is 0.361. The van der Waals surface area contributed by atoms with Crippen LogP contribution in [-0.2, 0) is 16.1 Å². The molecule has 1 unspecified atom stereocenters. The first kappa shape index (κ1) is 19.4. The summed E-state index contributed by atoms with van der Waals surface area (Å²) in [7, 11) is 0. The Morgan fingerprint density at radius 1 is 1.11 bits per heavy atom. The Bertz CT molecular complexity index is 723. The summed E-state index contributed by atoms with van der Waals surface area (Å²) in [4.78, 5) is 13.9. The van der Waals surface area contributed by atoms with Crippen molar-refractivity contribution in [2.24, 2.45) is 0 Å². The number of benzene rings is 2. The Kier molecular flexibility index (Phi) is 6.48. The van der Waals surface area contributed by atoms with Crippen molar-refractivity contribution >= 4 is 11.6 Å². The van der Waals surface area contributed by atoms with E-state index in [0.29, 0.717) is 6.61 Å². The molecule has 1 heterocycles. The fourth-order valence-corrected chi connectivity index (χ4v) is 3.48. The number of nitrogens with one attached hydrogen (secondary N) is 2. The number of amides is 1. The molecule has 1 aliphatic heterocycles. The molecule has 2 aromatic rings. The molecule has 1 fully saturated rings. The minimum absolute atomic E-state index is 0.0317. The number of rotatable bonds is 6. The first-order valence-corrected chi connectivity index (χ1v) is 9.59. The molecule has 1 amide bonds. The van der Waals surface area contributed by atoms with Gasteiger partial charge in [0.25, 0.3) is 5.91 Å². The molecule has 0 radical (unpaired) electrons. The van der Waals surface area contributed by atoms with E-state index in [4.69, 9.17) is 9.47 Å². The third-order valence-corrected chi connectivity index (χ3v) is 4.94. The third kappa shape index (κ3) is 5.55. The average Bonchev–Trinajstić information content (AvgIpc) is 2.67. The van der Waals surface area contributed by atoms with Crippen molar-refractivity contribution in [3.63, 3.8) is 0 Å². The maximum Gasteiger partial charge on any atom is 0.282 e. The molecule has 144 valence electrons. The number of morpholine rings is 1. The first-order chi connectivity index (χ1) is 13.0. The van der Waals surface area contributed by atoms with Gasteiger partial charge in [-0.1, -0.05) is 30.3 Å². The van der Waals surface area contributed by atoms with Crippen LogP contribution in [0.15, 0.2) is 54.6 Å². The van der Waals surface area contributed by atoms with Crippen molar-refractivity contribution in [3.05, 3.63) is 60.2 Å². The standard InChI is InChI=1S/C22H28N2O3/c1-16-13-24(14-17(2)27-16)18(3)22(25)23-20-9-11-21(12-10-20)26-15-19-7-5-4-6-8-19/h4-12,16-18H,13-15H2,1-3H3,(H,23,25)/p+1/t16-,17+,18-/m0/s1. The molecule has 0 aliphatic carbocycles. The summed E-state index contributed by atoms with van der Waals surface area (Å²) in [5.74, 6) is 0.815. The lowest BCUT2D eigenvalue weighted by Gasteiger charge is -2.35. The summed E-state index contributed by atoms with van der Waals surface area (Å²) in [5, 5.41) is 3.01. The fraction of sp³-hybridized carbons (Fsp3) is 0.409. The molecule has 1 saturated heterocycles. The molecule has 0 spiro atoms. The second-order valence-electron chi connectivity index (χ2n) is 7.33. The zero-order chi connectivity index (χ0) is 19.2. The first-order valence-electron chi connectivity index (χ1n) is 9.59. The minimum Gasteiger partial charge on any atom is -0.489 e. The van der Waals surface area contributed by atoms with E-state index in [0.717, 1.165) is 30.1 Å². The molecule has 3 rings (SSSR count). The number of hydrogen-bond donors (Lipinski definition) is 2. The zero-order valence-electron chi connectivity index (χ0n) is 16.3. The second-order valence-corrected chi connectivity index (χ2v) is 7.33. The van der Waals surface area contributed by atoms with Crippen molar-refractivity contribution in [1.82, 2.24) is 0 Å².